The number of carbonyl (C=O) groups is 1. The fraction of sp³-hybridized carbons (Fsp3) is 0. The van der Waals surface area contributed by atoms with Crippen molar-refractivity contribution in [3.05, 3.63) is 62.6 Å². The van der Waals surface area contributed by atoms with E-state index in [4.69, 9.17) is 23.2 Å². The van der Waals surface area contributed by atoms with Crippen LogP contribution in [0.5, 0.6) is 0 Å². The fourth-order valence-corrected chi connectivity index (χ4v) is 2.45. The van der Waals surface area contributed by atoms with E-state index >= 15 is 0 Å². The molecule has 5 nitrogen and oxygen atoms in total. The number of anilines is 1. The number of nitrogens with zero attached hydrogens (tertiary/aromatic N) is 1. The predicted octanol–water partition coefficient (Wildman–Crippen LogP) is 5.23. The average molecular weight is 343 g/mol. The van der Waals surface area contributed by atoms with E-state index in [1.54, 1.807) is 24.3 Å². The fourth-order valence-electron chi connectivity index (χ4n) is 1.48. The summed E-state index contributed by atoms with van der Waals surface area (Å²) < 4.78 is 0. The lowest BCUT2D eigenvalue weighted by Crippen LogP contribution is -2.05. The summed E-state index contributed by atoms with van der Waals surface area (Å²) in [4.78, 5) is 22.7. The summed E-state index contributed by atoms with van der Waals surface area (Å²) in [6.07, 6.45) is 0. The Kier molecular flexibility index (Phi) is 5.06. The highest BCUT2D eigenvalue weighted by atomic mass is 35.5. The first-order chi connectivity index (χ1) is 9.95. The molecule has 0 spiro atoms. The third-order valence-electron chi connectivity index (χ3n) is 2.41. The number of hydrogen-bond acceptors (Lipinski definition) is 4. The molecule has 2 aromatic rings. The SMILES string of the molecule is O=C(Nc1ccc(Cl)c([N+](=O)[O-])c1)Sc1ccc(Cl)cc1. The minimum absolute atomic E-state index is 0.0170. The quantitative estimate of drug-likeness (QED) is 0.471. The molecule has 2 aromatic carbocycles. The number of nitrogens with one attached hydrogen (secondary N) is 1. The smallest absolute Gasteiger partial charge is 0.289 e. The lowest BCUT2D eigenvalue weighted by atomic mass is 10.3. The van der Waals surface area contributed by atoms with Gasteiger partial charge in [-0.25, -0.2) is 0 Å². The molecule has 8 heteroatoms. The molecule has 0 saturated carbocycles. The highest BCUT2D eigenvalue weighted by Gasteiger charge is 2.14. The standard InChI is InChI=1S/C13H8Cl2N2O3S/c14-8-1-4-10(5-2-8)21-13(18)16-9-3-6-11(15)12(7-9)17(19)20/h1-7H,(H,16,18). The van der Waals surface area contributed by atoms with E-state index in [1.165, 1.54) is 18.2 Å². The Hall–Kier alpha value is -1.76. The van der Waals surface area contributed by atoms with Gasteiger partial charge in [0.2, 0.25) is 0 Å². The van der Waals surface area contributed by atoms with Crippen LogP contribution in [0.25, 0.3) is 0 Å². The molecule has 0 aliphatic carbocycles. The Morgan fingerprint density at radius 1 is 1.14 bits per heavy atom. The van der Waals surface area contributed by atoms with Gasteiger partial charge in [-0.05, 0) is 48.2 Å². The van der Waals surface area contributed by atoms with E-state index in [1.807, 2.05) is 0 Å². The predicted molar refractivity (Wildman–Crippen MR) is 84.4 cm³/mol. The van der Waals surface area contributed by atoms with Gasteiger partial charge in [0.05, 0.1) is 4.92 Å². The minimum Gasteiger partial charge on any atom is -0.316 e. The zero-order valence-corrected chi connectivity index (χ0v) is 12.7. The van der Waals surface area contributed by atoms with E-state index in [2.05, 4.69) is 5.32 Å². The normalized spacial score (nSPS) is 10.2. The number of rotatable bonds is 3. The summed E-state index contributed by atoms with van der Waals surface area (Å²) >= 11 is 12.4. The molecule has 0 bridgehead atoms. The van der Waals surface area contributed by atoms with Gasteiger partial charge in [-0.2, -0.15) is 0 Å². The van der Waals surface area contributed by atoms with E-state index in [0.717, 1.165) is 11.8 Å². The second kappa shape index (κ2) is 6.80. The molecule has 1 N–H and O–H groups in total. The average Bonchev–Trinajstić information content (AvgIpc) is 2.43. The zero-order chi connectivity index (χ0) is 15.4. The van der Waals surface area contributed by atoms with Gasteiger partial charge in [-0.1, -0.05) is 23.2 Å². The lowest BCUT2D eigenvalue weighted by Gasteiger charge is -2.05. The summed E-state index contributed by atoms with van der Waals surface area (Å²) in [7, 11) is 0. The summed E-state index contributed by atoms with van der Waals surface area (Å²) in [5.41, 5.74) is 0.0449. The molecule has 0 unspecified atom stereocenters. The number of nitro benzene ring substituents is 1. The summed E-state index contributed by atoms with van der Waals surface area (Å²) in [5, 5.41) is 13.6. The Balaban J connectivity index is 2.07. The van der Waals surface area contributed by atoms with Gasteiger partial charge < -0.3 is 5.32 Å². The maximum Gasteiger partial charge on any atom is 0.289 e. The molecule has 0 aliphatic heterocycles. The van der Waals surface area contributed by atoms with Crippen molar-refractivity contribution in [1.29, 1.82) is 0 Å². The second-order valence-corrected chi connectivity index (χ2v) is 5.78. The molecule has 0 aromatic heterocycles. The highest BCUT2D eigenvalue weighted by Crippen LogP contribution is 2.29. The van der Waals surface area contributed by atoms with E-state index in [9.17, 15) is 14.9 Å². The van der Waals surface area contributed by atoms with Crippen LogP contribution in [0.3, 0.4) is 0 Å². The molecule has 0 atom stereocenters. The summed E-state index contributed by atoms with van der Waals surface area (Å²) in [6.45, 7) is 0. The molecule has 1 amide bonds. The number of halogens is 2. The van der Waals surface area contributed by atoms with Crippen molar-refractivity contribution in [2.45, 2.75) is 4.90 Å². The van der Waals surface area contributed by atoms with Crippen molar-refractivity contribution in [3.8, 4) is 0 Å². The number of benzene rings is 2. The summed E-state index contributed by atoms with van der Waals surface area (Å²) in [5.74, 6) is 0. The van der Waals surface area contributed by atoms with Gasteiger partial charge in [0.15, 0.2) is 0 Å². The van der Waals surface area contributed by atoms with Crippen molar-refractivity contribution in [2.24, 2.45) is 0 Å². The van der Waals surface area contributed by atoms with Gasteiger partial charge in [0, 0.05) is 21.7 Å². The molecular formula is C13H8Cl2N2O3S. The van der Waals surface area contributed by atoms with Gasteiger partial charge in [-0.3, -0.25) is 14.9 Å². The van der Waals surface area contributed by atoms with Crippen molar-refractivity contribution in [3.63, 3.8) is 0 Å². The van der Waals surface area contributed by atoms with Crippen molar-refractivity contribution in [2.75, 3.05) is 5.32 Å². The van der Waals surface area contributed by atoms with Crippen LogP contribution in [-0.2, 0) is 0 Å². The van der Waals surface area contributed by atoms with Crippen LogP contribution in [0.4, 0.5) is 16.2 Å². The van der Waals surface area contributed by atoms with E-state index < -0.39 is 4.92 Å². The molecule has 0 saturated heterocycles. The van der Waals surface area contributed by atoms with Crippen LogP contribution in [0.1, 0.15) is 0 Å². The number of thioether (sulfide) groups is 1. The van der Waals surface area contributed by atoms with Gasteiger partial charge in [0.25, 0.3) is 10.9 Å². The highest BCUT2D eigenvalue weighted by molar-refractivity contribution is 8.13. The first-order valence-corrected chi connectivity index (χ1v) is 7.21. The monoisotopic (exact) mass is 342 g/mol. The Labute approximate surface area is 134 Å². The molecule has 21 heavy (non-hydrogen) atoms. The largest absolute Gasteiger partial charge is 0.316 e. The second-order valence-electron chi connectivity index (χ2n) is 3.89. The number of amides is 1. The molecule has 0 fully saturated rings. The van der Waals surface area contributed by atoms with Gasteiger partial charge in [0.1, 0.15) is 5.02 Å². The van der Waals surface area contributed by atoms with Crippen molar-refractivity contribution in [1.82, 2.24) is 0 Å². The van der Waals surface area contributed by atoms with Crippen LogP contribution < -0.4 is 5.32 Å². The van der Waals surface area contributed by atoms with Crippen molar-refractivity contribution < 1.29 is 9.72 Å². The Bertz CT molecular complexity index is 692. The molecule has 0 aliphatic rings. The van der Waals surface area contributed by atoms with Crippen LogP contribution in [-0.4, -0.2) is 10.2 Å². The Morgan fingerprint density at radius 3 is 2.43 bits per heavy atom. The Morgan fingerprint density at radius 2 is 1.81 bits per heavy atom. The minimum atomic E-state index is -0.607. The van der Waals surface area contributed by atoms with E-state index in [-0.39, 0.29) is 15.9 Å². The molecule has 0 heterocycles. The van der Waals surface area contributed by atoms with Crippen LogP contribution >= 0.6 is 35.0 Å². The number of carbonyl (C=O) groups excluding carboxylic acids is 1. The van der Waals surface area contributed by atoms with E-state index in [0.29, 0.717) is 15.6 Å². The van der Waals surface area contributed by atoms with Crippen LogP contribution in [0.2, 0.25) is 10.0 Å². The van der Waals surface area contributed by atoms with Crippen LogP contribution in [0, 0.1) is 10.1 Å². The zero-order valence-electron chi connectivity index (χ0n) is 10.4. The molecule has 2 rings (SSSR count). The molecule has 0 radical (unpaired) electrons. The third-order valence-corrected chi connectivity index (χ3v) is 3.78. The first kappa shape index (κ1) is 15.6. The summed E-state index contributed by atoms with van der Waals surface area (Å²) in [6, 6.07) is 10.8. The molecular weight excluding hydrogens is 335 g/mol. The van der Waals surface area contributed by atoms with Crippen LogP contribution in [0.15, 0.2) is 47.4 Å². The number of nitro groups is 1. The first-order valence-electron chi connectivity index (χ1n) is 5.64. The van der Waals surface area contributed by atoms with Gasteiger partial charge in [-0.15, -0.1) is 0 Å². The topological polar surface area (TPSA) is 72.2 Å². The van der Waals surface area contributed by atoms with Crippen molar-refractivity contribution >= 4 is 51.6 Å². The number of hydrogen-bond donors (Lipinski definition) is 1. The third kappa shape index (κ3) is 4.35. The lowest BCUT2D eigenvalue weighted by molar-refractivity contribution is -0.384. The maximum atomic E-state index is 11.8. The maximum absolute atomic E-state index is 11.8. The molecule has 108 valence electrons. The van der Waals surface area contributed by atoms with Gasteiger partial charge >= 0.3 is 0 Å².